The third-order valence-corrected chi connectivity index (χ3v) is 7.22. The summed E-state index contributed by atoms with van der Waals surface area (Å²) in [6.45, 7) is 6.84. The lowest BCUT2D eigenvalue weighted by molar-refractivity contribution is 0.660. The Morgan fingerprint density at radius 2 is 1.55 bits per heavy atom. The highest BCUT2D eigenvalue weighted by molar-refractivity contribution is 6.28. The van der Waals surface area contributed by atoms with Crippen LogP contribution < -0.4 is 0 Å². The minimum atomic E-state index is -0.0516. The van der Waals surface area contributed by atoms with Gasteiger partial charge >= 0.3 is 0 Å². The van der Waals surface area contributed by atoms with Gasteiger partial charge in [0, 0.05) is 22.5 Å². The molecule has 1 unspecified atom stereocenters. The summed E-state index contributed by atoms with van der Waals surface area (Å²) in [5.41, 5.74) is 12.1. The summed E-state index contributed by atoms with van der Waals surface area (Å²) in [6, 6.07) is 24.1. The Bertz CT molecular complexity index is 1370. The predicted molar refractivity (Wildman–Crippen MR) is 128 cm³/mol. The van der Waals surface area contributed by atoms with Crippen LogP contribution in [0, 0.1) is 0 Å². The number of aromatic nitrogens is 2. The molecule has 2 aliphatic rings. The van der Waals surface area contributed by atoms with E-state index in [1.165, 1.54) is 33.4 Å². The Morgan fingerprint density at radius 3 is 2.39 bits per heavy atom. The Kier molecular flexibility index (Phi) is 3.94. The molecule has 0 saturated carbocycles. The molecule has 152 valence electrons. The molecule has 0 spiro atoms. The summed E-state index contributed by atoms with van der Waals surface area (Å²) in [4.78, 5) is 9.43. The minimum absolute atomic E-state index is 0.0516. The Balaban J connectivity index is 1.61. The SMILES string of the molecule is CC1Cc2ccccc2-c2c(-c3ccc4c(c3)C(C)(C)c3ccccc3-4)nc(Cl)nc21. The van der Waals surface area contributed by atoms with Crippen molar-refractivity contribution in [2.75, 3.05) is 0 Å². The maximum absolute atomic E-state index is 6.45. The van der Waals surface area contributed by atoms with E-state index < -0.39 is 0 Å². The zero-order chi connectivity index (χ0) is 21.3. The number of halogens is 1. The molecular weight excluding hydrogens is 400 g/mol. The second-order valence-electron chi connectivity index (χ2n) is 9.29. The van der Waals surface area contributed by atoms with Crippen molar-refractivity contribution in [1.29, 1.82) is 0 Å². The highest BCUT2D eigenvalue weighted by Crippen LogP contribution is 2.50. The van der Waals surface area contributed by atoms with Gasteiger partial charge in [0.1, 0.15) is 0 Å². The van der Waals surface area contributed by atoms with Gasteiger partial charge in [-0.2, -0.15) is 0 Å². The third kappa shape index (κ3) is 2.64. The number of benzene rings is 3. The molecule has 0 fully saturated rings. The van der Waals surface area contributed by atoms with Crippen molar-refractivity contribution in [3.63, 3.8) is 0 Å². The fraction of sp³-hybridized carbons (Fsp3) is 0.214. The van der Waals surface area contributed by atoms with Gasteiger partial charge in [-0.3, -0.25) is 0 Å². The van der Waals surface area contributed by atoms with Crippen molar-refractivity contribution in [2.24, 2.45) is 0 Å². The van der Waals surface area contributed by atoms with Crippen molar-refractivity contribution in [3.8, 4) is 33.5 Å². The van der Waals surface area contributed by atoms with Crippen molar-refractivity contribution in [2.45, 2.75) is 38.5 Å². The summed E-state index contributed by atoms with van der Waals surface area (Å²) >= 11 is 6.45. The number of nitrogens with zero attached hydrogens (tertiary/aromatic N) is 2. The topological polar surface area (TPSA) is 25.8 Å². The molecule has 4 aromatic rings. The average molecular weight is 423 g/mol. The van der Waals surface area contributed by atoms with E-state index in [2.05, 4.69) is 92.5 Å². The predicted octanol–water partition coefficient (Wildman–Crippen LogP) is 7.43. The van der Waals surface area contributed by atoms with E-state index in [1.807, 2.05) is 0 Å². The van der Waals surface area contributed by atoms with Gasteiger partial charge in [-0.05, 0) is 57.5 Å². The molecule has 3 heteroatoms. The van der Waals surface area contributed by atoms with E-state index in [1.54, 1.807) is 0 Å². The lowest BCUT2D eigenvalue weighted by atomic mass is 9.79. The highest BCUT2D eigenvalue weighted by atomic mass is 35.5. The first-order chi connectivity index (χ1) is 14.9. The van der Waals surface area contributed by atoms with Crippen LogP contribution in [0.15, 0.2) is 66.7 Å². The van der Waals surface area contributed by atoms with Crippen molar-refractivity contribution < 1.29 is 0 Å². The molecule has 0 bridgehead atoms. The Morgan fingerprint density at radius 1 is 0.839 bits per heavy atom. The van der Waals surface area contributed by atoms with Crippen molar-refractivity contribution in [3.05, 3.63) is 94.4 Å². The van der Waals surface area contributed by atoms with Crippen molar-refractivity contribution >= 4 is 11.6 Å². The van der Waals surface area contributed by atoms with E-state index in [9.17, 15) is 0 Å². The van der Waals surface area contributed by atoms with Gasteiger partial charge in [-0.15, -0.1) is 0 Å². The van der Waals surface area contributed by atoms with Gasteiger partial charge in [0.2, 0.25) is 5.28 Å². The lowest BCUT2D eigenvalue weighted by Gasteiger charge is -2.27. The van der Waals surface area contributed by atoms with Crippen molar-refractivity contribution in [1.82, 2.24) is 9.97 Å². The molecule has 1 aromatic heterocycles. The number of hydrogen-bond acceptors (Lipinski definition) is 2. The maximum atomic E-state index is 6.45. The third-order valence-electron chi connectivity index (χ3n) is 7.05. The van der Waals surface area contributed by atoms with Gasteiger partial charge in [-0.25, -0.2) is 9.97 Å². The standard InChI is InChI=1S/C28H23ClN2/c1-16-14-17-8-4-5-9-19(17)24-25(16)30-27(29)31-26(24)18-12-13-21-20-10-6-7-11-22(20)28(2,3)23(21)15-18/h4-13,15-16H,14H2,1-3H3. The van der Waals surface area contributed by atoms with Gasteiger partial charge in [0.05, 0.1) is 11.4 Å². The van der Waals surface area contributed by atoms with E-state index in [4.69, 9.17) is 16.6 Å². The second-order valence-corrected chi connectivity index (χ2v) is 9.63. The summed E-state index contributed by atoms with van der Waals surface area (Å²) < 4.78 is 0. The molecule has 31 heavy (non-hydrogen) atoms. The molecule has 0 saturated heterocycles. The van der Waals surface area contributed by atoms with Gasteiger partial charge in [-0.1, -0.05) is 81.4 Å². The molecule has 1 atom stereocenters. The number of fused-ring (bicyclic) bond motifs is 6. The Labute approximate surface area is 188 Å². The first-order valence-electron chi connectivity index (χ1n) is 10.9. The molecule has 1 heterocycles. The van der Waals surface area contributed by atoms with Crippen LogP contribution >= 0.6 is 11.6 Å². The highest BCUT2D eigenvalue weighted by Gasteiger charge is 2.36. The molecule has 0 radical (unpaired) electrons. The molecular formula is C28H23ClN2. The Hall–Kier alpha value is -2.97. The molecule has 0 aliphatic heterocycles. The van der Waals surface area contributed by atoms with Crippen LogP contribution in [-0.4, -0.2) is 9.97 Å². The fourth-order valence-corrected chi connectivity index (χ4v) is 5.68. The van der Waals surface area contributed by atoms with E-state index in [0.29, 0.717) is 11.2 Å². The number of rotatable bonds is 1. The van der Waals surface area contributed by atoms with Crippen LogP contribution in [0.2, 0.25) is 5.28 Å². The normalized spacial score (nSPS) is 17.5. The quantitative estimate of drug-likeness (QED) is 0.298. The second kappa shape index (κ2) is 6.51. The van der Waals surface area contributed by atoms with Crippen LogP contribution in [-0.2, 0) is 11.8 Å². The van der Waals surface area contributed by atoms with Crippen LogP contribution in [0.4, 0.5) is 0 Å². The van der Waals surface area contributed by atoms with Crippen LogP contribution in [0.3, 0.4) is 0 Å². The van der Waals surface area contributed by atoms with Gasteiger partial charge in [0.25, 0.3) is 0 Å². The summed E-state index contributed by atoms with van der Waals surface area (Å²) in [6.07, 6.45) is 0.975. The summed E-state index contributed by atoms with van der Waals surface area (Å²) in [7, 11) is 0. The smallest absolute Gasteiger partial charge is 0.222 e. The fourth-order valence-electron chi connectivity index (χ4n) is 5.50. The average Bonchev–Trinajstić information content (AvgIpc) is 3.00. The maximum Gasteiger partial charge on any atom is 0.223 e. The molecule has 3 aromatic carbocycles. The van der Waals surface area contributed by atoms with E-state index in [0.717, 1.165) is 28.9 Å². The zero-order valence-electron chi connectivity index (χ0n) is 17.9. The monoisotopic (exact) mass is 422 g/mol. The van der Waals surface area contributed by atoms with E-state index in [-0.39, 0.29) is 5.41 Å². The molecule has 0 amide bonds. The molecule has 2 nitrogen and oxygen atoms in total. The van der Waals surface area contributed by atoms with Crippen LogP contribution in [0.1, 0.15) is 49.1 Å². The van der Waals surface area contributed by atoms with Crippen LogP contribution in [0.25, 0.3) is 33.5 Å². The lowest BCUT2D eigenvalue weighted by Crippen LogP contribution is -2.15. The van der Waals surface area contributed by atoms with Crippen LogP contribution in [0.5, 0.6) is 0 Å². The number of hydrogen-bond donors (Lipinski definition) is 0. The molecule has 6 rings (SSSR count). The first-order valence-corrected chi connectivity index (χ1v) is 11.2. The summed E-state index contributed by atoms with van der Waals surface area (Å²) in [5.74, 6) is 0.305. The molecule has 2 aliphatic carbocycles. The van der Waals surface area contributed by atoms with Gasteiger partial charge < -0.3 is 0 Å². The van der Waals surface area contributed by atoms with Gasteiger partial charge in [0.15, 0.2) is 0 Å². The minimum Gasteiger partial charge on any atom is -0.222 e. The molecule has 0 N–H and O–H groups in total. The summed E-state index contributed by atoms with van der Waals surface area (Å²) in [5, 5.41) is 0.322. The zero-order valence-corrected chi connectivity index (χ0v) is 18.7. The largest absolute Gasteiger partial charge is 0.223 e. The first kappa shape index (κ1) is 18.8. The van der Waals surface area contributed by atoms with E-state index >= 15 is 0 Å².